The largest absolute Gasteiger partial charge is 0.326 e. The minimum absolute atomic E-state index is 0.220. The molecule has 0 bridgehead atoms. The van der Waals surface area contributed by atoms with Gasteiger partial charge in [0.15, 0.2) is 0 Å². The molecule has 0 saturated carbocycles. The Balaban J connectivity index is 1.95. The van der Waals surface area contributed by atoms with Crippen molar-refractivity contribution in [1.29, 1.82) is 0 Å². The summed E-state index contributed by atoms with van der Waals surface area (Å²) < 4.78 is 2.18. The zero-order chi connectivity index (χ0) is 14.7. The zero-order valence-electron chi connectivity index (χ0n) is 12.2. The van der Waals surface area contributed by atoms with Crippen molar-refractivity contribution in [2.24, 2.45) is 0 Å². The van der Waals surface area contributed by atoms with Crippen LogP contribution in [0.5, 0.6) is 0 Å². The van der Waals surface area contributed by atoms with Gasteiger partial charge in [-0.25, -0.2) is 9.97 Å². The van der Waals surface area contributed by atoms with Gasteiger partial charge in [0, 0.05) is 23.5 Å². The highest BCUT2D eigenvalue weighted by molar-refractivity contribution is 7.09. The van der Waals surface area contributed by atoms with Crippen molar-refractivity contribution >= 4 is 23.0 Å². The van der Waals surface area contributed by atoms with Crippen LogP contribution in [0.3, 0.4) is 0 Å². The van der Waals surface area contributed by atoms with Crippen molar-refractivity contribution in [2.45, 2.75) is 26.3 Å². The lowest BCUT2D eigenvalue weighted by Gasteiger charge is -2.17. The molecule has 0 aliphatic carbocycles. The first-order valence-electron chi connectivity index (χ1n) is 7.05. The van der Waals surface area contributed by atoms with E-state index < -0.39 is 0 Å². The van der Waals surface area contributed by atoms with E-state index in [9.17, 15) is 0 Å². The molecule has 3 rings (SSSR count). The summed E-state index contributed by atoms with van der Waals surface area (Å²) in [5.74, 6) is 0.862. The summed E-state index contributed by atoms with van der Waals surface area (Å²) >= 11 is 1.69. The van der Waals surface area contributed by atoms with Crippen LogP contribution in [0, 0.1) is 6.92 Å². The van der Waals surface area contributed by atoms with Gasteiger partial charge < -0.3 is 9.88 Å². The van der Waals surface area contributed by atoms with Crippen LogP contribution in [-0.4, -0.2) is 14.5 Å². The predicted octanol–water partition coefficient (Wildman–Crippen LogP) is 4.39. The van der Waals surface area contributed by atoms with Gasteiger partial charge in [0.25, 0.3) is 0 Å². The number of rotatable bonds is 5. The van der Waals surface area contributed by atoms with E-state index in [-0.39, 0.29) is 6.04 Å². The molecule has 0 aliphatic rings. The number of para-hydroxylation sites is 1. The monoisotopic (exact) mass is 298 g/mol. The van der Waals surface area contributed by atoms with Gasteiger partial charge in [-0.05, 0) is 25.5 Å². The molecule has 108 valence electrons. The Hall–Kier alpha value is -2.14. The molecule has 1 unspecified atom stereocenters. The highest BCUT2D eigenvalue weighted by Crippen LogP contribution is 2.28. The van der Waals surface area contributed by atoms with Gasteiger partial charge in [0.05, 0.1) is 11.7 Å². The Morgan fingerprint density at radius 3 is 2.76 bits per heavy atom. The van der Waals surface area contributed by atoms with Crippen LogP contribution in [0.2, 0.25) is 0 Å². The standard InChI is InChI=1S/C16H18N4S/c1-3-14(15-17-9-10-21-15)20-11-12(2)18-16(20)19-13-7-5-4-6-8-13/h4-11,14H,3H2,1-2H3,(H,18,19). The fourth-order valence-electron chi connectivity index (χ4n) is 2.39. The summed E-state index contributed by atoms with van der Waals surface area (Å²) in [7, 11) is 0. The van der Waals surface area contributed by atoms with Crippen LogP contribution in [0.25, 0.3) is 0 Å². The molecule has 0 spiro atoms. The second kappa shape index (κ2) is 6.10. The third-order valence-corrected chi connectivity index (χ3v) is 4.22. The van der Waals surface area contributed by atoms with Gasteiger partial charge in [0.2, 0.25) is 5.95 Å². The molecule has 4 nitrogen and oxygen atoms in total. The third-order valence-electron chi connectivity index (χ3n) is 3.34. The zero-order valence-corrected chi connectivity index (χ0v) is 13.0. The SMILES string of the molecule is CCC(c1nccs1)n1cc(C)nc1Nc1ccccc1. The highest BCUT2D eigenvalue weighted by Gasteiger charge is 2.18. The smallest absolute Gasteiger partial charge is 0.208 e. The Morgan fingerprint density at radius 2 is 2.10 bits per heavy atom. The summed E-state index contributed by atoms with van der Waals surface area (Å²) in [6, 6.07) is 10.3. The maximum atomic E-state index is 4.61. The number of nitrogens with one attached hydrogen (secondary N) is 1. The molecular formula is C16H18N4S. The minimum Gasteiger partial charge on any atom is -0.326 e. The average Bonchev–Trinajstić information content (AvgIpc) is 3.12. The Labute approximate surface area is 128 Å². The van der Waals surface area contributed by atoms with Crippen molar-refractivity contribution < 1.29 is 0 Å². The second-order valence-electron chi connectivity index (χ2n) is 4.90. The van der Waals surface area contributed by atoms with Gasteiger partial charge in [-0.2, -0.15) is 0 Å². The van der Waals surface area contributed by atoms with Crippen molar-refractivity contribution in [2.75, 3.05) is 5.32 Å². The number of imidazole rings is 1. The van der Waals surface area contributed by atoms with E-state index in [1.165, 1.54) is 0 Å². The summed E-state index contributed by atoms with van der Waals surface area (Å²) in [5, 5.41) is 6.54. The van der Waals surface area contributed by atoms with Gasteiger partial charge >= 0.3 is 0 Å². The first-order valence-corrected chi connectivity index (χ1v) is 7.93. The van der Waals surface area contributed by atoms with Crippen molar-refractivity contribution in [1.82, 2.24) is 14.5 Å². The van der Waals surface area contributed by atoms with Crippen LogP contribution in [-0.2, 0) is 0 Å². The van der Waals surface area contributed by atoms with Gasteiger partial charge in [0.1, 0.15) is 5.01 Å². The van der Waals surface area contributed by atoms with E-state index in [2.05, 4.69) is 33.0 Å². The van der Waals surface area contributed by atoms with Crippen LogP contribution in [0.4, 0.5) is 11.6 Å². The fraction of sp³-hybridized carbons (Fsp3) is 0.250. The Morgan fingerprint density at radius 1 is 1.29 bits per heavy atom. The molecule has 0 radical (unpaired) electrons. The molecule has 21 heavy (non-hydrogen) atoms. The molecule has 1 N–H and O–H groups in total. The first kappa shape index (κ1) is 13.8. The molecule has 0 amide bonds. The van der Waals surface area contributed by atoms with E-state index in [0.29, 0.717) is 0 Å². The quantitative estimate of drug-likeness (QED) is 0.759. The Kier molecular flexibility index (Phi) is 4.01. The van der Waals surface area contributed by atoms with Crippen LogP contribution in [0.1, 0.15) is 30.1 Å². The summed E-state index contributed by atoms with van der Waals surface area (Å²) in [6.45, 7) is 4.19. The summed E-state index contributed by atoms with van der Waals surface area (Å²) in [6.07, 6.45) is 4.92. The predicted molar refractivity (Wildman–Crippen MR) is 87.2 cm³/mol. The highest BCUT2D eigenvalue weighted by atomic mass is 32.1. The van der Waals surface area contributed by atoms with Crippen LogP contribution in [0.15, 0.2) is 48.1 Å². The molecule has 2 aromatic heterocycles. The molecule has 3 aromatic rings. The lowest BCUT2D eigenvalue weighted by atomic mass is 10.2. The number of hydrogen-bond donors (Lipinski definition) is 1. The lowest BCUT2D eigenvalue weighted by molar-refractivity contribution is 0.569. The number of thiazole rings is 1. The number of anilines is 2. The number of aryl methyl sites for hydroxylation is 1. The van der Waals surface area contributed by atoms with Crippen molar-refractivity contribution in [3.8, 4) is 0 Å². The maximum absolute atomic E-state index is 4.61. The number of nitrogens with zero attached hydrogens (tertiary/aromatic N) is 3. The van der Waals surface area contributed by atoms with E-state index in [0.717, 1.165) is 28.8 Å². The van der Waals surface area contributed by atoms with Gasteiger partial charge in [-0.15, -0.1) is 11.3 Å². The minimum atomic E-state index is 0.220. The first-order chi connectivity index (χ1) is 10.3. The third kappa shape index (κ3) is 2.97. The van der Waals surface area contributed by atoms with E-state index in [1.807, 2.05) is 48.8 Å². The van der Waals surface area contributed by atoms with Crippen LogP contribution >= 0.6 is 11.3 Å². The topological polar surface area (TPSA) is 42.7 Å². The number of aromatic nitrogens is 3. The molecule has 1 aromatic carbocycles. The van der Waals surface area contributed by atoms with Gasteiger partial charge in [-0.1, -0.05) is 25.1 Å². The molecule has 2 heterocycles. The average molecular weight is 298 g/mol. The van der Waals surface area contributed by atoms with Crippen molar-refractivity contribution in [3.63, 3.8) is 0 Å². The molecule has 5 heteroatoms. The van der Waals surface area contributed by atoms with E-state index in [4.69, 9.17) is 0 Å². The lowest BCUT2D eigenvalue weighted by Crippen LogP contribution is -2.11. The van der Waals surface area contributed by atoms with Gasteiger partial charge in [-0.3, -0.25) is 0 Å². The number of benzene rings is 1. The van der Waals surface area contributed by atoms with Crippen molar-refractivity contribution in [3.05, 3.63) is 58.8 Å². The second-order valence-corrected chi connectivity index (χ2v) is 5.82. The molecule has 0 fully saturated rings. The van der Waals surface area contributed by atoms with E-state index >= 15 is 0 Å². The van der Waals surface area contributed by atoms with E-state index in [1.54, 1.807) is 11.3 Å². The summed E-state index contributed by atoms with van der Waals surface area (Å²) in [5.41, 5.74) is 2.04. The molecule has 0 aliphatic heterocycles. The summed E-state index contributed by atoms with van der Waals surface area (Å²) in [4.78, 5) is 9.08. The normalized spacial score (nSPS) is 12.3. The molecule has 0 saturated heterocycles. The molecular weight excluding hydrogens is 280 g/mol. The fourth-order valence-corrected chi connectivity index (χ4v) is 3.21. The van der Waals surface area contributed by atoms with Crippen LogP contribution < -0.4 is 5.32 Å². The Bertz CT molecular complexity index is 688. The maximum Gasteiger partial charge on any atom is 0.208 e. The number of hydrogen-bond acceptors (Lipinski definition) is 4. The molecule has 1 atom stereocenters.